The van der Waals surface area contributed by atoms with E-state index < -0.39 is 0 Å². The van der Waals surface area contributed by atoms with Crippen LogP contribution in [-0.4, -0.2) is 22.6 Å². The minimum atomic E-state index is 0.321. The van der Waals surface area contributed by atoms with Crippen LogP contribution in [0.3, 0.4) is 0 Å². The number of nitrogens with one attached hydrogen (secondary N) is 1. The molecule has 4 heteroatoms. The predicted octanol–water partition coefficient (Wildman–Crippen LogP) is 5.25. The van der Waals surface area contributed by atoms with Crippen molar-refractivity contribution in [3.63, 3.8) is 0 Å². The lowest BCUT2D eigenvalue weighted by Gasteiger charge is -2.47. The van der Waals surface area contributed by atoms with E-state index in [1.807, 2.05) is 0 Å². The molecule has 5 rings (SSSR count). The van der Waals surface area contributed by atoms with Crippen molar-refractivity contribution in [1.29, 1.82) is 0 Å². The Kier molecular flexibility index (Phi) is 4.60. The van der Waals surface area contributed by atoms with Gasteiger partial charge in [0.25, 0.3) is 0 Å². The zero-order chi connectivity index (χ0) is 18.3. The fraction of sp³-hybridized carbons (Fsp3) is 0.545. The molecule has 3 aliphatic rings. The Morgan fingerprint density at radius 1 is 1.12 bits per heavy atom. The second-order valence-electron chi connectivity index (χ2n) is 8.15. The molecule has 3 atom stereocenters. The number of fused-ring (bicyclic) bond motifs is 2. The summed E-state index contributed by atoms with van der Waals surface area (Å²) in [7, 11) is 0. The molecule has 0 unspecified atom stereocenters. The highest BCUT2D eigenvalue weighted by Gasteiger charge is 2.38. The average molecular weight is 351 g/mol. The first kappa shape index (κ1) is 17.3. The Balaban J connectivity index is 1.72. The van der Waals surface area contributed by atoms with Gasteiger partial charge in [0.15, 0.2) is 0 Å². The van der Waals surface area contributed by atoms with E-state index in [1.165, 1.54) is 18.4 Å². The average Bonchev–Trinajstić information content (AvgIpc) is 2.68. The van der Waals surface area contributed by atoms with Gasteiger partial charge in [-0.05, 0) is 37.3 Å². The summed E-state index contributed by atoms with van der Waals surface area (Å²) in [4.78, 5) is 12.2. The molecule has 1 aliphatic carbocycles. The zero-order valence-electron chi connectivity index (χ0n) is 16.4. The normalized spacial score (nSPS) is 22.4. The van der Waals surface area contributed by atoms with Crippen LogP contribution in [0.2, 0.25) is 0 Å². The highest BCUT2D eigenvalue weighted by molar-refractivity contribution is 5.55. The summed E-state index contributed by atoms with van der Waals surface area (Å²) in [6.07, 6.45) is 3.59. The standard InChI is InChI=1S/C22H30N4/c1-5-15(4)23-20-12-21(25-22(24-20)14(2)3)26-13-16-10-11-19(26)18-9-7-6-8-17(16)18/h6-9,12,14-16,19H,5,10-11,13H2,1-4H3,(H,23,24,25)/t15-,16+,19-/m0/s1. The maximum atomic E-state index is 4.96. The summed E-state index contributed by atoms with van der Waals surface area (Å²) in [6, 6.07) is 12.0. The maximum absolute atomic E-state index is 4.96. The molecule has 3 heterocycles. The third kappa shape index (κ3) is 3.06. The molecule has 0 spiro atoms. The zero-order valence-corrected chi connectivity index (χ0v) is 16.4. The molecule has 1 fully saturated rings. The molecule has 2 aromatic rings. The molecule has 4 nitrogen and oxygen atoms in total. The molecular weight excluding hydrogens is 320 g/mol. The van der Waals surface area contributed by atoms with Gasteiger partial charge in [-0.2, -0.15) is 0 Å². The smallest absolute Gasteiger partial charge is 0.135 e. The third-order valence-corrected chi connectivity index (χ3v) is 5.92. The van der Waals surface area contributed by atoms with Crippen molar-refractivity contribution in [3.05, 3.63) is 47.3 Å². The summed E-state index contributed by atoms with van der Waals surface area (Å²) < 4.78 is 0. The van der Waals surface area contributed by atoms with Crippen LogP contribution in [-0.2, 0) is 0 Å². The van der Waals surface area contributed by atoms with E-state index in [0.717, 1.165) is 30.4 Å². The van der Waals surface area contributed by atoms with Gasteiger partial charge in [0, 0.05) is 30.5 Å². The lowest BCUT2D eigenvalue weighted by molar-refractivity contribution is 0.386. The van der Waals surface area contributed by atoms with Crippen molar-refractivity contribution >= 4 is 11.6 Å². The van der Waals surface area contributed by atoms with Gasteiger partial charge in [0.1, 0.15) is 17.5 Å². The first-order valence-corrected chi connectivity index (χ1v) is 10.1. The maximum Gasteiger partial charge on any atom is 0.135 e. The van der Waals surface area contributed by atoms with E-state index in [4.69, 9.17) is 9.97 Å². The Morgan fingerprint density at radius 2 is 1.88 bits per heavy atom. The number of aromatic nitrogens is 2. The lowest BCUT2D eigenvalue weighted by Crippen LogP contribution is -2.43. The molecule has 0 amide bonds. The van der Waals surface area contributed by atoms with E-state index >= 15 is 0 Å². The minimum Gasteiger partial charge on any atom is -0.367 e. The molecule has 0 saturated carbocycles. The van der Waals surface area contributed by atoms with Crippen LogP contribution in [0.4, 0.5) is 11.6 Å². The van der Waals surface area contributed by atoms with Crippen molar-refractivity contribution < 1.29 is 0 Å². The minimum absolute atomic E-state index is 0.321. The van der Waals surface area contributed by atoms with Crippen molar-refractivity contribution in [2.45, 2.75) is 70.9 Å². The summed E-state index contributed by atoms with van der Waals surface area (Å²) in [6.45, 7) is 9.81. The Labute approximate surface area is 157 Å². The first-order chi connectivity index (χ1) is 12.6. The predicted molar refractivity (Wildman–Crippen MR) is 108 cm³/mol. The van der Waals surface area contributed by atoms with E-state index in [9.17, 15) is 0 Å². The summed E-state index contributed by atoms with van der Waals surface area (Å²) >= 11 is 0. The van der Waals surface area contributed by atoms with Gasteiger partial charge in [0.2, 0.25) is 0 Å². The fourth-order valence-corrected chi connectivity index (χ4v) is 4.27. The fourth-order valence-electron chi connectivity index (χ4n) is 4.27. The number of nitrogens with zero attached hydrogens (tertiary/aromatic N) is 3. The number of hydrogen-bond acceptors (Lipinski definition) is 4. The van der Waals surface area contributed by atoms with Crippen LogP contribution in [0.15, 0.2) is 30.3 Å². The van der Waals surface area contributed by atoms with Crippen molar-refractivity contribution in [2.75, 3.05) is 16.8 Å². The Hall–Kier alpha value is -2.10. The molecule has 2 bridgehead atoms. The van der Waals surface area contributed by atoms with Gasteiger partial charge in [-0.25, -0.2) is 9.97 Å². The molecule has 1 aromatic carbocycles. The van der Waals surface area contributed by atoms with Gasteiger partial charge in [0.05, 0.1) is 6.04 Å². The molecule has 0 radical (unpaired) electrons. The van der Waals surface area contributed by atoms with E-state index in [1.54, 1.807) is 5.56 Å². The quantitative estimate of drug-likeness (QED) is 0.799. The summed E-state index contributed by atoms with van der Waals surface area (Å²) in [5, 5.41) is 3.55. The third-order valence-electron chi connectivity index (χ3n) is 5.92. The summed E-state index contributed by atoms with van der Waals surface area (Å²) in [5.74, 6) is 3.92. The monoisotopic (exact) mass is 350 g/mol. The van der Waals surface area contributed by atoms with Gasteiger partial charge in [-0.1, -0.05) is 45.0 Å². The molecule has 138 valence electrons. The second kappa shape index (κ2) is 6.90. The van der Waals surface area contributed by atoms with Crippen LogP contribution in [0.25, 0.3) is 0 Å². The molecular formula is C22H30N4. The topological polar surface area (TPSA) is 41.0 Å². The van der Waals surface area contributed by atoms with Gasteiger partial charge in [-0.3, -0.25) is 0 Å². The van der Waals surface area contributed by atoms with Gasteiger partial charge < -0.3 is 10.2 Å². The number of rotatable bonds is 5. The molecule has 1 saturated heterocycles. The van der Waals surface area contributed by atoms with Crippen LogP contribution < -0.4 is 10.2 Å². The molecule has 26 heavy (non-hydrogen) atoms. The van der Waals surface area contributed by atoms with Crippen molar-refractivity contribution in [1.82, 2.24) is 9.97 Å². The van der Waals surface area contributed by atoms with Crippen LogP contribution >= 0.6 is 0 Å². The highest BCUT2D eigenvalue weighted by atomic mass is 15.2. The number of piperidine rings is 1. The van der Waals surface area contributed by atoms with E-state index in [-0.39, 0.29) is 0 Å². The molecule has 2 aliphatic heterocycles. The summed E-state index contributed by atoms with van der Waals surface area (Å²) in [5.41, 5.74) is 3.05. The Morgan fingerprint density at radius 3 is 2.62 bits per heavy atom. The molecule has 1 N–H and O–H groups in total. The number of hydrogen-bond donors (Lipinski definition) is 1. The number of benzene rings is 1. The van der Waals surface area contributed by atoms with Crippen LogP contribution in [0, 0.1) is 0 Å². The van der Waals surface area contributed by atoms with E-state index in [0.29, 0.717) is 23.9 Å². The molecule has 1 aromatic heterocycles. The number of anilines is 2. The Bertz CT molecular complexity index is 785. The SMILES string of the molecule is CC[C@H](C)Nc1cc(N2C[C@H]3CC[C@H]2c2ccccc23)nc(C(C)C)n1. The van der Waals surface area contributed by atoms with Crippen molar-refractivity contribution in [2.24, 2.45) is 0 Å². The largest absolute Gasteiger partial charge is 0.367 e. The van der Waals surface area contributed by atoms with Crippen molar-refractivity contribution in [3.8, 4) is 0 Å². The van der Waals surface area contributed by atoms with Crippen LogP contribution in [0.5, 0.6) is 0 Å². The van der Waals surface area contributed by atoms with Crippen LogP contribution in [0.1, 0.15) is 81.8 Å². The van der Waals surface area contributed by atoms with Gasteiger partial charge >= 0.3 is 0 Å². The highest BCUT2D eigenvalue weighted by Crippen LogP contribution is 2.48. The van der Waals surface area contributed by atoms with Gasteiger partial charge in [-0.15, -0.1) is 0 Å². The second-order valence-corrected chi connectivity index (χ2v) is 8.15. The first-order valence-electron chi connectivity index (χ1n) is 10.1. The lowest BCUT2D eigenvalue weighted by atomic mass is 9.75. The van der Waals surface area contributed by atoms with E-state index in [2.05, 4.69) is 68.2 Å².